The van der Waals surface area contributed by atoms with Gasteiger partial charge in [0.05, 0.1) is 36.6 Å². The van der Waals surface area contributed by atoms with E-state index in [2.05, 4.69) is 4.99 Å². The molecule has 3 aromatic rings. The number of carbonyl (C=O) groups excluding carboxylic acids is 1. The van der Waals surface area contributed by atoms with Gasteiger partial charge in [0.25, 0.3) is 5.56 Å². The third-order valence-corrected chi connectivity index (χ3v) is 6.74. The first kappa shape index (κ1) is 24.6. The lowest BCUT2D eigenvalue weighted by Gasteiger charge is -2.26. The van der Waals surface area contributed by atoms with Crippen molar-refractivity contribution >= 4 is 35.0 Å². The van der Waals surface area contributed by atoms with Crippen LogP contribution in [0.3, 0.4) is 0 Å². The highest BCUT2D eigenvalue weighted by Gasteiger charge is 2.35. The fourth-order valence-corrected chi connectivity index (χ4v) is 5.14. The van der Waals surface area contributed by atoms with E-state index in [0.717, 1.165) is 11.3 Å². The molecule has 0 radical (unpaired) electrons. The molecule has 0 amide bonds. The van der Waals surface area contributed by atoms with Gasteiger partial charge in [0, 0.05) is 16.1 Å². The Bertz CT molecular complexity index is 1520. The molecule has 2 heterocycles. The summed E-state index contributed by atoms with van der Waals surface area (Å²) in [5.41, 5.74) is 1.19. The lowest BCUT2D eigenvalue weighted by atomic mass is 9.94. The van der Waals surface area contributed by atoms with Crippen LogP contribution in [0.25, 0.3) is 6.08 Å². The van der Waals surface area contributed by atoms with Crippen LogP contribution in [-0.2, 0) is 9.53 Å². The zero-order valence-electron chi connectivity index (χ0n) is 19.5. The number of hydrogen-bond donors (Lipinski definition) is 1. The summed E-state index contributed by atoms with van der Waals surface area (Å²) in [6.07, 6.45) is 1.55. The fourth-order valence-electron chi connectivity index (χ4n) is 3.92. The summed E-state index contributed by atoms with van der Waals surface area (Å²) in [5.74, 6) is 0.402. The van der Waals surface area contributed by atoms with Crippen LogP contribution in [0.5, 0.6) is 17.2 Å². The molecule has 1 aromatic heterocycles. The molecule has 1 N–H and O–H groups in total. The second-order valence-corrected chi connectivity index (χ2v) is 9.06. The molecule has 1 atom stereocenters. The van der Waals surface area contributed by atoms with Gasteiger partial charge in [0.2, 0.25) is 0 Å². The van der Waals surface area contributed by atoms with Gasteiger partial charge in [0.15, 0.2) is 4.80 Å². The lowest BCUT2D eigenvalue weighted by Crippen LogP contribution is -2.40. The third-order valence-electron chi connectivity index (χ3n) is 5.52. The SMILES string of the molecule is CCOC(=O)C1=C(C)N=c2s/c(=C\c3cc(Cl)ccc3O)c(=O)n2[C@@H]1c1cc(OC)ccc1OC. The molecular weight excluding hydrogens is 492 g/mol. The maximum Gasteiger partial charge on any atom is 0.338 e. The first-order valence-corrected chi connectivity index (χ1v) is 11.9. The summed E-state index contributed by atoms with van der Waals surface area (Å²) in [4.78, 5) is 31.7. The number of esters is 1. The van der Waals surface area contributed by atoms with E-state index in [1.165, 1.54) is 24.9 Å². The number of thiazole rings is 1. The summed E-state index contributed by atoms with van der Waals surface area (Å²) in [5, 5.41) is 10.7. The zero-order chi connectivity index (χ0) is 25.3. The Morgan fingerprint density at radius 2 is 2.00 bits per heavy atom. The Morgan fingerprint density at radius 3 is 2.69 bits per heavy atom. The number of rotatable bonds is 6. The van der Waals surface area contributed by atoms with Crippen molar-refractivity contribution in [1.29, 1.82) is 0 Å². The molecule has 10 heteroatoms. The third kappa shape index (κ3) is 4.56. The number of phenols is 1. The van der Waals surface area contributed by atoms with Gasteiger partial charge in [-0.1, -0.05) is 22.9 Å². The van der Waals surface area contributed by atoms with E-state index in [1.54, 1.807) is 50.3 Å². The van der Waals surface area contributed by atoms with E-state index in [-0.39, 0.29) is 17.9 Å². The van der Waals surface area contributed by atoms with Gasteiger partial charge in [0.1, 0.15) is 23.3 Å². The molecule has 2 aromatic carbocycles. The van der Waals surface area contributed by atoms with Crippen molar-refractivity contribution in [2.75, 3.05) is 20.8 Å². The molecule has 4 rings (SSSR count). The predicted octanol–water partition coefficient (Wildman–Crippen LogP) is 3.17. The number of fused-ring (bicyclic) bond motifs is 1. The number of phenolic OH excluding ortho intramolecular Hbond substituents is 1. The van der Waals surface area contributed by atoms with Crippen molar-refractivity contribution < 1.29 is 24.1 Å². The minimum Gasteiger partial charge on any atom is -0.507 e. The average molecular weight is 515 g/mol. The molecule has 0 bridgehead atoms. The van der Waals surface area contributed by atoms with Crippen molar-refractivity contribution in [3.63, 3.8) is 0 Å². The number of aromatic hydroxyl groups is 1. The molecule has 0 aliphatic carbocycles. The average Bonchev–Trinajstić information content (AvgIpc) is 3.14. The van der Waals surface area contributed by atoms with Gasteiger partial charge in [-0.3, -0.25) is 9.36 Å². The first-order valence-electron chi connectivity index (χ1n) is 10.7. The molecular formula is C25H23ClN2O6S. The number of halogens is 1. The molecule has 1 aliphatic rings. The Kier molecular flexibility index (Phi) is 7.00. The molecule has 0 saturated heterocycles. The van der Waals surface area contributed by atoms with Crippen molar-refractivity contribution in [2.24, 2.45) is 4.99 Å². The number of allylic oxidation sites excluding steroid dienone is 1. The van der Waals surface area contributed by atoms with Crippen molar-refractivity contribution in [3.8, 4) is 17.2 Å². The molecule has 0 saturated carbocycles. The van der Waals surface area contributed by atoms with Crippen LogP contribution >= 0.6 is 22.9 Å². The van der Waals surface area contributed by atoms with E-state index >= 15 is 0 Å². The van der Waals surface area contributed by atoms with Gasteiger partial charge in [-0.2, -0.15) is 0 Å². The standard InChI is InChI=1S/C25H23ClN2O6S/c1-5-34-24(31)21-13(2)27-25-28(22(21)17-12-16(32-3)7-9-19(17)33-4)23(30)20(35-25)11-14-10-15(26)6-8-18(14)29/h6-12,22,29H,5H2,1-4H3/b20-11-/t22-/m1/s1. The minimum absolute atomic E-state index is 0.0188. The summed E-state index contributed by atoms with van der Waals surface area (Å²) in [6.45, 7) is 3.57. The fraction of sp³-hybridized carbons (Fsp3) is 0.240. The quantitative estimate of drug-likeness (QED) is 0.507. The van der Waals surface area contributed by atoms with Crippen molar-refractivity contribution in [1.82, 2.24) is 4.57 Å². The van der Waals surface area contributed by atoms with Gasteiger partial charge < -0.3 is 19.3 Å². The predicted molar refractivity (Wildman–Crippen MR) is 133 cm³/mol. The monoisotopic (exact) mass is 514 g/mol. The van der Waals surface area contributed by atoms with Crippen LogP contribution in [0, 0.1) is 0 Å². The number of hydrogen-bond acceptors (Lipinski definition) is 8. The van der Waals surface area contributed by atoms with Crippen molar-refractivity contribution in [2.45, 2.75) is 19.9 Å². The van der Waals surface area contributed by atoms with Gasteiger partial charge in [-0.15, -0.1) is 0 Å². The van der Waals surface area contributed by atoms with Crippen LogP contribution in [0.4, 0.5) is 0 Å². The molecule has 0 spiro atoms. The van der Waals surface area contributed by atoms with Crippen LogP contribution in [0.2, 0.25) is 5.02 Å². The Labute approximate surface area is 210 Å². The molecule has 1 aliphatic heterocycles. The maximum atomic E-state index is 13.7. The second-order valence-electron chi connectivity index (χ2n) is 7.61. The molecule has 8 nitrogen and oxygen atoms in total. The minimum atomic E-state index is -0.870. The summed E-state index contributed by atoms with van der Waals surface area (Å²) in [7, 11) is 3.04. The van der Waals surface area contributed by atoms with E-state index in [9.17, 15) is 14.7 Å². The zero-order valence-corrected chi connectivity index (χ0v) is 21.1. The number of benzene rings is 2. The first-order chi connectivity index (χ1) is 16.8. The lowest BCUT2D eigenvalue weighted by molar-refractivity contribution is -0.139. The highest BCUT2D eigenvalue weighted by molar-refractivity contribution is 7.07. The molecule has 0 unspecified atom stereocenters. The highest BCUT2D eigenvalue weighted by Crippen LogP contribution is 2.37. The van der Waals surface area contributed by atoms with Crippen LogP contribution in [0.15, 0.2) is 57.5 Å². The summed E-state index contributed by atoms with van der Waals surface area (Å²) >= 11 is 7.22. The van der Waals surface area contributed by atoms with Crippen LogP contribution in [0.1, 0.15) is 31.0 Å². The Balaban J connectivity index is 2.04. The molecule has 0 fully saturated rings. The van der Waals surface area contributed by atoms with Crippen LogP contribution < -0.4 is 24.4 Å². The van der Waals surface area contributed by atoms with E-state index in [4.69, 9.17) is 25.8 Å². The Morgan fingerprint density at radius 1 is 1.23 bits per heavy atom. The largest absolute Gasteiger partial charge is 0.507 e. The van der Waals surface area contributed by atoms with Gasteiger partial charge in [-0.25, -0.2) is 9.79 Å². The molecule has 182 valence electrons. The Hall–Kier alpha value is -3.56. The van der Waals surface area contributed by atoms with E-state index < -0.39 is 17.6 Å². The van der Waals surface area contributed by atoms with Crippen molar-refractivity contribution in [3.05, 3.63) is 83.5 Å². The number of ether oxygens (including phenoxy) is 3. The van der Waals surface area contributed by atoms with Gasteiger partial charge >= 0.3 is 5.97 Å². The second kappa shape index (κ2) is 9.97. The van der Waals surface area contributed by atoms with Gasteiger partial charge in [-0.05, 0) is 56.3 Å². The van der Waals surface area contributed by atoms with E-state index in [0.29, 0.717) is 42.7 Å². The molecule has 35 heavy (non-hydrogen) atoms. The number of nitrogens with zero attached hydrogens (tertiary/aromatic N) is 2. The normalized spacial score (nSPS) is 15.5. The number of carbonyl (C=O) groups is 1. The topological polar surface area (TPSA) is 99.4 Å². The summed E-state index contributed by atoms with van der Waals surface area (Å²) < 4.78 is 18.1. The number of aromatic nitrogens is 1. The highest BCUT2D eigenvalue weighted by atomic mass is 35.5. The van der Waals surface area contributed by atoms with E-state index in [1.807, 2.05) is 0 Å². The smallest absolute Gasteiger partial charge is 0.338 e. The maximum absolute atomic E-state index is 13.7. The number of methoxy groups -OCH3 is 2. The summed E-state index contributed by atoms with van der Waals surface area (Å²) in [6, 6.07) is 8.87. The van der Waals surface area contributed by atoms with Crippen LogP contribution in [-0.4, -0.2) is 36.5 Å².